The van der Waals surface area contributed by atoms with Crippen LogP contribution in [0, 0.1) is 0 Å². The van der Waals surface area contributed by atoms with Gasteiger partial charge in [-0.05, 0) is 35.4 Å². The van der Waals surface area contributed by atoms with Crippen molar-refractivity contribution in [2.75, 3.05) is 20.8 Å². The van der Waals surface area contributed by atoms with Gasteiger partial charge in [-0.3, -0.25) is 4.79 Å². The highest BCUT2D eigenvalue weighted by Gasteiger charge is 2.39. The van der Waals surface area contributed by atoms with E-state index in [0.717, 1.165) is 16.7 Å². The van der Waals surface area contributed by atoms with Crippen LogP contribution in [0.2, 0.25) is 0 Å². The van der Waals surface area contributed by atoms with Crippen LogP contribution in [0.5, 0.6) is 23.0 Å². The summed E-state index contributed by atoms with van der Waals surface area (Å²) in [5, 5.41) is 19.9. The fourth-order valence-corrected chi connectivity index (χ4v) is 3.27. The number of aliphatic hydroxyl groups is 1. The van der Waals surface area contributed by atoms with Crippen LogP contribution >= 0.6 is 0 Å². The fourth-order valence-electron chi connectivity index (χ4n) is 3.27. The summed E-state index contributed by atoms with van der Waals surface area (Å²) in [6, 6.07) is 8.52. The van der Waals surface area contributed by atoms with Crippen molar-refractivity contribution in [1.29, 1.82) is 0 Å². The van der Waals surface area contributed by atoms with Crippen LogP contribution < -0.4 is 14.2 Å². The van der Waals surface area contributed by atoms with Crippen LogP contribution in [0.4, 0.5) is 0 Å². The second-order valence-corrected chi connectivity index (χ2v) is 5.85. The number of aromatic hydroxyl groups is 1. The fraction of sp³-hybridized carbons (Fsp3) is 0.250. The molecule has 26 heavy (non-hydrogen) atoms. The minimum atomic E-state index is -0.482. The molecule has 3 rings (SSSR count). The topological polar surface area (TPSA) is 85.2 Å². The van der Waals surface area contributed by atoms with E-state index in [1.165, 1.54) is 19.3 Å². The van der Waals surface area contributed by atoms with Gasteiger partial charge in [0.1, 0.15) is 12.4 Å². The Balaban J connectivity index is 2.11. The lowest BCUT2D eigenvalue weighted by Gasteiger charge is -2.19. The van der Waals surface area contributed by atoms with E-state index in [-0.39, 0.29) is 18.3 Å². The molecule has 1 heterocycles. The summed E-state index contributed by atoms with van der Waals surface area (Å²) in [5.41, 5.74) is 2.31. The number of aliphatic hydroxyl groups excluding tert-OH is 1. The molecule has 0 spiro atoms. The Morgan fingerprint density at radius 1 is 1.15 bits per heavy atom. The van der Waals surface area contributed by atoms with Crippen LogP contribution in [-0.4, -0.2) is 37.3 Å². The molecule has 2 aromatic rings. The number of hydrogen-bond donors (Lipinski definition) is 2. The highest BCUT2D eigenvalue weighted by atomic mass is 16.5. The van der Waals surface area contributed by atoms with Gasteiger partial charge in [0.05, 0.1) is 26.7 Å². The van der Waals surface area contributed by atoms with Gasteiger partial charge in [0, 0.05) is 5.56 Å². The smallest absolute Gasteiger partial charge is 0.166 e. The highest BCUT2D eigenvalue weighted by molar-refractivity contribution is 5.76. The molecule has 0 aliphatic carbocycles. The van der Waals surface area contributed by atoms with Crippen molar-refractivity contribution in [3.8, 4) is 23.0 Å². The van der Waals surface area contributed by atoms with Gasteiger partial charge in [-0.1, -0.05) is 18.2 Å². The molecule has 0 saturated carbocycles. The Morgan fingerprint density at radius 3 is 2.58 bits per heavy atom. The minimum absolute atomic E-state index is 0.0273. The van der Waals surface area contributed by atoms with E-state index in [1.807, 2.05) is 6.07 Å². The van der Waals surface area contributed by atoms with Gasteiger partial charge >= 0.3 is 0 Å². The Kier molecular flexibility index (Phi) is 5.14. The average Bonchev–Trinajstić information content (AvgIpc) is 3.06. The SMILES string of the molecule is COc1cc(C2Oc3c(OC)ccc(C=CC=O)c3C2CO)ccc1O. The molecule has 0 amide bonds. The van der Waals surface area contributed by atoms with E-state index in [1.54, 1.807) is 31.4 Å². The van der Waals surface area contributed by atoms with Crippen molar-refractivity contribution in [2.24, 2.45) is 0 Å². The number of aldehydes is 1. The molecule has 0 aromatic heterocycles. The van der Waals surface area contributed by atoms with Crippen molar-refractivity contribution in [1.82, 2.24) is 0 Å². The predicted octanol–water partition coefficient (Wildman–Crippen LogP) is 2.83. The Hall–Kier alpha value is -2.99. The van der Waals surface area contributed by atoms with Crippen molar-refractivity contribution < 1.29 is 29.2 Å². The van der Waals surface area contributed by atoms with E-state index in [9.17, 15) is 15.0 Å². The molecule has 0 fully saturated rings. The molecule has 0 bridgehead atoms. The molecular weight excluding hydrogens is 336 g/mol. The number of carbonyl (C=O) groups is 1. The first-order valence-corrected chi connectivity index (χ1v) is 8.11. The molecule has 6 heteroatoms. The summed E-state index contributed by atoms with van der Waals surface area (Å²) >= 11 is 0. The first kappa shape index (κ1) is 17.8. The Morgan fingerprint density at radius 2 is 1.92 bits per heavy atom. The molecule has 2 aromatic carbocycles. The molecule has 6 nitrogen and oxygen atoms in total. The molecule has 2 N–H and O–H groups in total. The van der Waals surface area contributed by atoms with Gasteiger partial charge in [-0.15, -0.1) is 0 Å². The Bertz CT molecular complexity index is 842. The maximum Gasteiger partial charge on any atom is 0.166 e. The lowest BCUT2D eigenvalue weighted by atomic mass is 9.88. The lowest BCUT2D eigenvalue weighted by molar-refractivity contribution is -0.104. The largest absolute Gasteiger partial charge is 0.504 e. The zero-order valence-electron chi connectivity index (χ0n) is 14.5. The Labute approximate surface area is 151 Å². The van der Waals surface area contributed by atoms with Gasteiger partial charge in [0.25, 0.3) is 0 Å². The third kappa shape index (κ3) is 2.99. The van der Waals surface area contributed by atoms with Crippen molar-refractivity contribution in [3.05, 3.63) is 53.1 Å². The second-order valence-electron chi connectivity index (χ2n) is 5.85. The maximum absolute atomic E-state index is 10.7. The van der Waals surface area contributed by atoms with Gasteiger partial charge in [0.15, 0.2) is 23.0 Å². The van der Waals surface area contributed by atoms with Crippen molar-refractivity contribution >= 4 is 12.4 Å². The normalized spacial score (nSPS) is 18.4. The number of phenols is 1. The van der Waals surface area contributed by atoms with Crippen LogP contribution in [0.25, 0.3) is 6.08 Å². The standard InChI is InChI=1S/C20H20O6/c1-24-16-8-6-12(4-3-9-21)18-14(11-22)19(26-20(16)18)13-5-7-15(23)17(10-13)25-2/h3-10,14,19,22-23H,11H2,1-2H3. The van der Waals surface area contributed by atoms with E-state index < -0.39 is 6.10 Å². The third-order valence-corrected chi connectivity index (χ3v) is 4.48. The first-order valence-electron chi connectivity index (χ1n) is 8.11. The van der Waals surface area contributed by atoms with Crippen LogP contribution in [-0.2, 0) is 4.79 Å². The van der Waals surface area contributed by atoms with Crippen LogP contribution in [0.1, 0.15) is 28.7 Å². The number of methoxy groups -OCH3 is 2. The molecular formula is C20H20O6. The number of benzene rings is 2. The average molecular weight is 356 g/mol. The summed E-state index contributed by atoms with van der Waals surface area (Å²) in [4.78, 5) is 10.7. The number of ether oxygens (including phenoxy) is 3. The summed E-state index contributed by atoms with van der Waals surface area (Å²) < 4.78 is 16.7. The first-order chi connectivity index (χ1) is 12.6. The van der Waals surface area contributed by atoms with Gasteiger partial charge in [0.2, 0.25) is 0 Å². The number of phenolic OH excluding ortho intramolecular Hbond substituents is 1. The van der Waals surface area contributed by atoms with E-state index in [4.69, 9.17) is 14.2 Å². The number of allylic oxidation sites excluding steroid dienone is 1. The van der Waals surface area contributed by atoms with Gasteiger partial charge < -0.3 is 24.4 Å². The molecule has 0 saturated heterocycles. The third-order valence-electron chi connectivity index (χ3n) is 4.48. The molecule has 2 unspecified atom stereocenters. The van der Waals surface area contributed by atoms with Gasteiger partial charge in [-0.25, -0.2) is 0 Å². The van der Waals surface area contributed by atoms with Crippen molar-refractivity contribution in [2.45, 2.75) is 12.0 Å². The van der Waals surface area contributed by atoms with Gasteiger partial charge in [-0.2, -0.15) is 0 Å². The van der Waals surface area contributed by atoms with E-state index >= 15 is 0 Å². The number of carbonyl (C=O) groups excluding carboxylic acids is 1. The van der Waals surface area contributed by atoms with Crippen LogP contribution in [0.3, 0.4) is 0 Å². The zero-order chi connectivity index (χ0) is 18.7. The minimum Gasteiger partial charge on any atom is -0.504 e. The molecule has 2 atom stereocenters. The van der Waals surface area contributed by atoms with Crippen molar-refractivity contribution in [3.63, 3.8) is 0 Å². The molecule has 1 aliphatic rings. The summed E-state index contributed by atoms with van der Waals surface area (Å²) in [6.07, 6.45) is 3.29. The predicted molar refractivity (Wildman–Crippen MR) is 95.9 cm³/mol. The highest BCUT2D eigenvalue weighted by Crippen LogP contribution is 2.52. The summed E-state index contributed by atoms with van der Waals surface area (Å²) in [5.74, 6) is 1.08. The number of rotatable bonds is 6. The summed E-state index contributed by atoms with van der Waals surface area (Å²) in [7, 11) is 3.02. The van der Waals surface area contributed by atoms with E-state index in [2.05, 4.69) is 0 Å². The van der Waals surface area contributed by atoms with Crippen LogP contribution in [0.15, 0.2) is 36.4 Å². The quantitative estimate of drug-likeness (QED) is 0.612. The molecule has 136 valence electrons. The van der Waals surface area contributed by atoms with E-state index in [0.29, 0.717) is 23.5 Å². The molecule has 1 aliphatic heterocycles. The maximum atomic E-state index is 10.7. The zero-order valence-corrected chi connectivity index (χ0v) is 14.5. The number of hydrogen-bond acceptors (Lipinski definition) is 6. The summed E-state index contributed by atoms with van der Waals surface area (Å²) in [6.45, 7) is -0.157. The monoisotopic (exact) mass is 356 g/mol. The second kappa shape index (κ2) is 7.49. The lowest BCUT2D eigenvalue weighted by Crippen LogP contribution is -2.14. The number of fused-ring (bicyclic) bond motifs is 1. The molecule has 0 radical (unpaired) electrons.